The molecule has 0 aromatic heterocycles. The lowest BCUT2D eigenvalue weighted by molar-refractivity contribution is -0.149. The van der Waals surface area contributed by atoms with Gasteiger partial charge in [0.05, 0.1) is 12.5 Å². The molecule has 0 atom stereocenters. The molecule has 0 spiro atoms. The minimum absolute atomic E-state index is 0.0798. The summed E-state index contributed by atoms with van der Waals surface area (Å²) >= 11 is 0. The molecule has 18 heavy (non-hydrogen) atoms. The van der Waals surface area contributed by atoms with E-state index < -0.39 is 5.92 Å². The molecule has 0 bridgehead atoms. The highest BCUT2D eigenvalue weighted by Gasteiger charge is 2.22. The SMILES string of the molecule is CC(F)(F)CCCCCOC(=O)C1CCCCC1. The van der Waals surface area contributed by atoms with Crippen molar-refractivity contribution in [1.29, 1.82) is 0 Å². The number of esters is 1. The van der Waals surface area contributed by atoms with Gasteiger partial charge in [-0.25, -0.2) is 8.78 Å². The molecule has 1 aliphatic rings. The van der Waals surface area contributed by atoms with Gasteiger partial charge < -0.3 is 4.74 Å². The highest BCUT2D eigenvalue weighted by molar-refractivity contribution is 5.72. The highest BCUT2D eigenvalue weighted by Crippen LogP contribution is 2.25. The van der Waals surface area contributed by atoms with E-state index in [0.29, 0.717) is 25.9 Å². The van der Waals surface area contributed by atoms with E-state index in [2.05, 4.69) is 0 Å². The predicted molar refractivity (Wildman–Crippen MR) is 66.6 cm³/mol. The Kier molecular flexibility index (Phi) is 6.58. The second-order valence-electron chi connectivity index (χ2n) is 5.38. The highest BCUT2D eigenvalue weighted by atomic mass is 19.3. The molecule has 0 aromatic carbocycles. The zero-order chi connectivity index (χ0) is 13.4. The molecule has 1 fully saturated rings. The molecule has 106 valence electrons. The van der Waals surface area contributed by atoms with E-state index in [1.54, 1.807) is 0 Å². The summed E-state index contributed by atoms with van der Waals surface area (Å²) in [5.74, 6) is -2.58. The van der Waals surface area contributed by atoms with Gasteiger partial charge in [0.2, 0.25) is 5.92 Å². The van der Waals surface area contributed by atoms with Crippen LogP contribution in [0, 0.1) is 5.92 Å². The summed E-state index contributed by atoms with van der Waals surface area (Å²) in [4.78, 5) is 11.6. The van der Waals surface area contributed by atoms with Gasteiger partial charge in [-0.1, -0.05) is 19.3 Å². The standard InChI is InChI=1S/C14H24F2O2/c1-14(15,16)10-6-3-7-11-18-13(17)12-8-4-2-5-9-12/h12H,2-11H2,1H3. The number of ether oxygens (including phenoxy) is 1. The normalized spacial score (nSPS) is 17.7. The van der Waals surface area contributed by atoms with Crippen molar-refractivity contribution in [3.63, 3.8) is 0 Å². The van der Waals surface area contributed by atoms with Crippen LogP contribution in [0.4, 0.5) is 8.78 Å². The van der Waals surface area contributed by atoms with Crippen molar-refractivity contribution in [3.05, 3.63) is 0 Å². The molecular formula is C14H24F2O2. The fraction of sp³-hybridized carbons (Fsp3) is 0.929. The summed E-state index contributed by atoms with van der Waals surface area (Å²) in [7, 11) is 0. The van der Waals surface area contributed by atoms with Crippen LogP contribution < -0.4 is 0 Å². The molecule has 0 saturated heterocycles. The van der Waals surface area contributed by atoms with Crippen LogP contribution in [0.1, 0.15) is 64.7 Å². The van der Waals surface area contributed by atoms with Crippen LogP contribution in [0.2, 0.25) is 0 Å². The number of hydrogen-bond acceptors (Lipinski definition) is 2. The summed E-state index contributed by atoms with van der Waals surface area (Å²) in [6.07, 6.45) is 7.14. The molecule has 0 unspecified atom stereocenters. The van der Waals surface area contributed by atoms with Gasteiger partial charge in [-0.2, -0.15) is 0 Å². The van der Waals surface area contributed by atoms with Crippen molar-refractivity contribution in [2.75, 3.05) is 6.61 Å². The number of alkyl halides is 2. The largest absolute Gasteiger partial charge is 0.465 e. The maximum Gasteiger partial charge on any atom is 0.308 e. The zero-order valence-corrected chi connectivity index (χ0v) is 11.2. The lowest BCUT2D eigenvalue weighted by Crippen LogP contribution is -2.20. The topological polar surface area (TPSA) is 26.3 Å². The number of hydrogen-bond donors (Lipinski definition) is 0. The average Bonchev–Trinajstić information content (AvgIpc) is 2.33. The zero-order valence-electron chi connectivity index (χ0n) is 11.2. The first kappa shape index (κ1) is 15.4. The quantitative estimate of drug-likeness (QED) is 0.504. The van der Waals surface area contributed by atoms with Crippen LogP contribution in [0.15, 0.2) is 0 Å². The Hall–Kier alpha value is -0.670. The molecule has 4 heteroatoms. The van der Waals surface area contributed by atoms with Crippen LogP contribution in [0.25, 0.3) is 0 Å². The smallest absolute Gasteiger partial charge is 0.308 e. The van der Waals surface area contributed by atoms with Crippen LogP contribution in [-0.4, -0.2) is 18.5 Å². The molecule has 0 aliphatic heterocycles. The molecule has 0 heterocycles. The van der Waals surface area contributed by atoms with Gasteiger partial charge in [0, 0.05) is 6.42 Å². The van der Waals surface area contributed by atoms with Crippen molar-refractivity contribution in [3.8, 4) is 0 Å². The Labute approximate surface area is 108 Å². The van der Waals surface area contributed by atoms with E-state index in [-0.39, 0.29) is 18.3 Å². The van der Waals surface area contributed by atoms with Gasteiger partial charge in [0.1, 0.15) is 0 Å². The second kappa shape index (κ2) is 7.70. The number of halogens is 2. The number of carbonyl (C=O) groups is 1. The predicted octanol–water partition coefficient (Wildman–Crippen LogP) is 4.33. The van der Waals surface area contributed by atoms with E-state index in [1.165, 1.54) is 6.42 Å². The van der Waals surface area contributed by atoms with Crippen molar-refractivity contribution < 1.29 is 18.3 Å². The van der Waals surface area contributed by atoms with Crippen molar-refractivity contribution >= 4 is 5.97 Å². The first-order valence-corrected chi connectivity index (χ1v) is 7.03. The minimum atomic E-state index is -2.57. The molecule has 0 radical (unpaired) electrons. The Morgan fingerprint density at radius 1 is 1.17 bits per heavy atom. The van der Waals surface area contributed by atoms with Crippen molar-refractivity contribution in [2.24, 2.45) is 5.92 Å². The summed E-state index contributed by atoms with van der Waals surface area (Å²) in [5.41, 5.74) is 0. The number of carbonyl (C=O) groups excluding carboxylic acids is 1. The number of unbranched alkanes of at least 4 members (excludes halogenated alkanes) is 2. The molecule has 0 aromatic rings. The molecule has 1 rings (SSSR count). The molecule has 2 nitrogen and oxygen atoms in total. The van der Waals surface area contributed by atoms with E-state index in [9.17, 15) is 13.6 Å². The van der Waals surface area contributed by atoms with Crippen LogP contribution >= 0.6 is 0 Å². The lowest BCUT2D eigenvalue weighted by Gasteiger charge is -2.19. The summed E-state index contributed by atoms with van der Waals surface area (Å²) in [5, 5.41) is 0. The molecule has 1 aliphatic carbocycles. The fourth-order valence-electron chi connectivity index (χ4n) is 2.34. The Morgan fingerprint density at radius 3 is 2.44 bits per heavy atom. The van der Waals surface area contributed by atoms with Gasteiger partial charge in [0.25, 0.3) is 0 Å². The van der Waals surface area contributed by atoms with Gasteiger partial charge >= 0.3 is 5.97 Å². The summed E-state index contributed by atoms with van der Waals surface area (Å²) in [6.45, 7) is 1.32. The van der Waals surface area contributed by atoms with E-state index in [0.717, 1.165) is 32.6 Å². The molecule has 1 saturated carbocycles. The fourth-order valence-corrected chi connectivity index (χ4v) is 2.34. The second-order valence-corrected chi connectivity index (χ2v) is 5.38. The van der Waals surface area contributed by atoms with Gasteiger partial charge in [-0.15, -0.1) is 0 Å². The first-order valence-electron chi connectivity index (χ1n) is 7.03. The minimum Gasteiger partial charge on any atom is -0.465 e. The van der Waals surface area contributed by atoms with Gasteiger partial charge in [-0.05, 0) is 39.0 Å². The van der Waals surface area contributed by atoms with Crippen LogP contribution in [0.5, 0.6) is 0 Å². The third kappa shape index (κ3) is 6.92. The summed E-state index contributed by atoms with van der Waals surface area (Å²) < 4.78 is 30.2. The van der Waals surface area contributed by atoms with E-state index >= 15 is 0 Å². The third-order valence-electron chi connectivity index (χ3n) is 3.44. The van der Waals surface area contributed by atoms with Crippen molar-refractivity contribution in [2.45, 2.75) is 70.6 Å². The van der Waals surface area contributed by atoms with Gasteiger partial charge in [-0.3, -0.25) is 4.79 Å². The maximum absolute atomic E-state index is 12.5. The average molecular weight is 262 g/mol. The van der Waals surface area contributed by atoms with Gasteiger partial charge in [0.15, 0.2) is 0 Å². The monoisotopic (exact) mass is 262 g/mol. The molecule has 0 N–H and O–H groups in total. The Morgan fingerprint density at radius 2 is 1.83 bits per heavy atom. The van der Waals surface area contributed by atoms with Crippen LogP contribution in [0.3, 0.4) is 0 Å². The van der Waals surface area contributed by atoms with E-state index in [4.69, 9.17) is 4.74 Å². The molecular weight excluding hydrogens is 238 g/mol. The molecule has 0 amide bonds. The maximum atomic E-state index is 12.5. The first-order chi connectivity index (χ1) is 8.49. The van der Waals surface area contributed by atoms with Crippen LogP contribution in [-0.2, 0) is 9.53 Å². The third-order valence-corrected chi connectivity index (χ3v) is 3.44. The summed E-state index contributed by atoms with van der Waals surface area (Å²) in [6, 6.07) is 0. The lowest BCUT2D eigenvalue weighted by atomic mass is 9.89. The number of rotatable bonds is 7. The van der Waals surface area contributed by atoms with Crippen molar-refractivity contribution in [1.82, 2.24) is 0 Å². The van der Waals surface area contributed by atoms with E-state index in [1.807, 2.05) is 0 Å². The Balaban J connectivity index is 1.98. The Bertz CT molecular complexity index is 243.